The summed E-state index contributed by atoms with van der Waals surface area (Å²) in [7, 11) is 0. The number of aromatic nitrogens is 1. The maximum absolute atomic E-state index is 11.7. The van der Waals surface area contributed by atoms with Crippen LogP contribution in [-0.2, 0) is 4.79 Å². The van der Waals surface area contributed by atoms with E-state index in [4.69, 9.17) is 0 Å². The summed E-state index contributed by atoms with van der Waals surface area (Å²) >= 11 is 0. The number of likely N-dealkylation sites (tertiary alicyclic amines) is 1. The molecule has 4 nitrogen and oxygen atoms in total. The molecule has 1 aromatic carbocycles. The van der Waals surface area contributed by atoms with Crippen LogP contribution >= 0.6 is 0 Å². The van der Waals surface area contributed by atoms with E-state index >= 15 is 0 Å². The van der Waals surface area contributed by atoms with Gasteiger partial charge < -0.3 is 5.11 Å². The monoisotopic (exact) mass is 324 g/mol. The van der Waals surface area contributed by atoms with E-state index in [1.807, 2.05) is 19.2 Å². The van der Waals surface area contributed by atoms with Gasteiger partial charge >= 0.3 is 5.97 Å². The fraction of sp³-hybridized carbons (Fsp3) is 0.400. The predicted molar refractivity (Wildman–Crippen MR) is 94.1 cm³/mol. The number of carboxylic acids is 1. The molecule has 1 fully saturated rings. The van der Waals surface area contributed by atoms with Crippen LogP contribution in [0.3, 0.4) is 0 Å². The Morgan fingerprint density at radius 3 is 2.58 bits per heavy atom. The molecule has 2 heterocycles. The highest BCUT2D eigenvalue weighted by Gasteiger charge is 2.37. The molecule has 2 aromatic rings. The van der Waals surface area contributed by atoms with Gasteiger partial charge in [-0.3, -0.25) is 14.7 Å². The molecule has 1 saturated heterocycles. The average molecular weight is 324 g/mol. The van der Waals surface area contributed by atoms with Gasteiger partial charge in [-0.1, -0.05) is 29.3 Å². The number of pyridine rings is 1. The van der Waals surface area contributed by atoms with E-state index in [0.717, 1.165) is 29.7 Å². The van der Waals surface area contributed by atoms with E-state index in [9.17, 15) is 9.90 Å². The quantitative estimate of drug-likeness (QED) is 0.933. The Morgan fingerprint density at radius 1 is 1.25 bits per heavy atom. The Hall–Kier alpha value is -2.20. The zero-order valence-corrected chi connectivity index (χ0v) is 14.5. The highest BCUT2D eigenvalue weighted by molar-refractivity contribution is 5.74. The summed E-state index contributed by atoms with van der Waals surface area (Å²) in [5, 5.41) is 9.65. The number of rotatable bonds is 4. The van der Waals surface area contributed by atoms with Gasteiger partial charge in [-0.2, -0.15) is 0 Å². The van der Waals surface area contributed by atoms with E-state index in [1.165, 1.54) is 11.1 Å². The molecular weight excluding hydrogens is 300 g/mol. The lowest BCUT2D eigenvalue weighted by Crippen LogP contribution is -2.39. The lowest BCUT2D eigenvalue weighted by atomic mass is 9.92. The van der Waals surface area contributed by atoms with Gasteiger partial charge in [-0.15, -0.1) is 0 Å². The maximum atomic E-state index is 11.7. The Labute approximate surface area is 143 Å². The first-order valence-corrected chi connectivity index (χ1v) is 8.44. The van der Waals surface area contributed by atoms with E-state index in [-0.39, 0.29) is 6.04 Å². The van der Waals surface area contributed by atoms with Gasteiger partial charge in [0.25, 0.3) is 0 Å². The van der Waals surface area contributed by atoms with E-state index in [1.54, 1.807) is 6.20 Å². The van der Waals surface area contributed by atoms with Crippen LogP contribution < -0.4 is 0 Å². The molecule has 126 valence electrons. The van der Waals surface area contributed by atoms with Gasteiger partial charge in [0.15, 0.2) is 0 Å². The number of aryl methyl sites for hydroxylation is 3. The molecule has 0 amide bonds. The molecule has 1 aliphatic rings. The van der Waals surface area contributed by atoms with Crippen LogP contribution in [0, 0.1) is 20.8 Å². The standard InChI is InChI=1S/C20H24N2O2/c1-13-9-14(2)11-16(10-13)19(17-6-7-21-12-15(17)3)22-8-4-5-18(22)20(23)24/h6-7,9-12,18-19H,4-5,8H2,1-3H3,(H,23,24). The molecule has 24 heavy (non-hydrogen) atoms. The smallest absolute Gasteiger partial charge is 0.320 e. The van der Waals surface area contributed by atoms with Crippen molar-refractivity contribution in [3.8, 4) is 0 Å². The molecule has 0 bridgehead atoms. The van der Waals surface area contributed by atoms with Crippen molar-refractivity contribution in [3.05, 3.63) is 64.5 Å². The number of carbonyl (C=O) groups is 1. The van der Waals surface area contributed by atoms with Crippen LogP contribution in [0.25, 0.3) is 0 Å². The van der Waals surface area contributed by atoms with Crippen LogP contribution in [0.5, 0.6) is 0 Å². The van der Waals surface area contributed by atoms with Crippen molar-refractivity contribution in [2.75, 3.05) is 6.54 Å². The first-order valence-electron chi connectivity index (χ1n) is 8.44. The SMILES string of the molecule is Cc1cc(C)cc(C(c2ccncc2C)N2CCCC2C(=O)O)c1. The first kappa shape index (κ1) is 16.7. The molecule has 0 saturated carbocycles. The molecule has 0 aliphatic carbocycles. The molecule has 1 N–H and O–H groups in total. The Bertz CT molecular complexity index is 737. The highest BCUT2D eigenvalue weighted by Crippen LogP contribution is 2.36. The molecule has 2 unspecified atom stereocenters. The Morgan fingerprint density at radius 2 is 1.96 bits per heavy atom. The minimum atomic E-state index is -0.728. The lowest BCUT2D eigenvalue weighted by Gasteiger charge is -2.33. The highest BCUT2D eigenvalue weighted by atomic mass is 16.4. The van der Waals surface area contributed by atoms with E-state index < -0.39 is 12.0 Å². The molecule has 3 rings (SSSR count). The minimum Gasteiger partial charge on any atom is -0.480 e. The van der Waals surface area contributed by atoms with Crippen molar-refractivity contribution in [3.63, 3.8) is 0 Å². The molecule has 2 atom stereocenters. The zero-order valence-electron chi connectivity index (χ0n) is 14.5. The van der Waals surface area contributed by atoms with Crippen LogP contribution in [0.15, 0.2) is 36.7 Å². The van der Waals surface area contributed by atoms with Crippen LogP contribution in [-0.4, -0.2) is 33.5 Å². The van der Waals surface area contributed by atoms with Crippen molar-refractivity contribution >= 4 is 5.97 Å². The summed E-state index contributed by atoms with van der Waals surface area (Å²) in [4.78, 5) is 18.1. The third-order valence-electron chi connectivity index (χ3n) is 4.83. The molecule has 0 spiro atoms. The van der Waals surface area contributed by atoms with Crippen LogP contribution in [0.1, 0.15) is 46.7 Å². The van der Waals surface area contributed by atoms with Crippen molar-refractivity contribution in [1.82, 2.24) is 9.88 Å². The van der Waals surface area contributed by atoms with Crippen molar-refractivity contribution in [2.24, 2.45) is 0 Å². The average Bonchev–Trinajstić information content (AvgIpc) is 2.98. The summed E-state index contributed by atoms with van der Waals surface area (Å²) in [6.45, 7) is 7.03. The van der Waals surface area contributed by atoms with Crippen molar-refractivity contribution in [2.45, 2.75) is 45.7 Å². The molecule has 1 aliphatic heterocycles. The number of benzene rings is 1. The Balaban J connectivity index is 2.14. The third kappa shape index (κ3) is 3.20. The number of hydrogen-bond acceptors (Lipinski definition) is 3. The zero-order chi connectivity index (χ0) is 17.3. The van der Waals surface area contributed by atoms with Crippen LogP contribution in [0.2, 0.25) is 0 Å². The molecular formula is C20H24N2O2. The minimum absolute atomic E-state index is 0.0461. The first-order chi connectivity index (χ1) is 11.5. The third-order valence-corrected chi connectivity index (χ3v) is 4.83. The number of aliphatic carboxylic acids is 1. The summed E-state index contributed by atoms with van der Waals surface area (Å²) in [6, 6.07) is 8.05. The van der Waals surface area contributed by atoms with Gasteiger partial charge in [0.2, 0.25) is 0 Å². The second-order valence-corrected chi connectivity index (χ2v) is 6.79. The van der Waals surface area contributed by atoms with Crippen LogP contribution in [0.4, 0.5) is 0 Å². The fourth-order valence-corrected chi connectivity index (χ4v) is 3.87. The van der Waals surface area contributed by atoms with Crippen molar-refractivity contribution < 1.29 is 9.90 Å². The molecule has 1 aromatic heterocycles. The number of carboxylic acid groups (broad SMARTS) is 1. The van der Waals surface area contributed by atoms with Crippen molar-refractivity contribution in [1.29, 1.82) is 0 Å². The molecule has 0 radical (unpaired) electrons. The topological polar surface area (TPSA) is 53.4 Å². The maximum Gasteiger partial charge on any atom is 0.320 e. The molecule has 4 heteroatoms. The second kappa shape index (κ2) is 6.73. The normalized spacial score (nSPS) is 19.4. The largest absolute Gasteiger partial charge is 0.480 e. The van der Waals surface area contributed by atoms with Gasteiger partial charge in [0.05, 0.1) is 6.04 Å². The fourth-order valence-electron chi connectivity index (χ4n) is 3.87. The summed E-state index contributed by atoms with van der Waals surface area (Å²) in [5.74, 6) is -0.728. The predicted octanol–water partition coefficient (Wildman–Crippen LogP) is 3.65. The summed E-state index contributed by atoms with van der Waals surface area (Å²) in [5.41, 5.74) is 5.80. The van der Waals surface area contributed by atoms with Gasteiger partial charge in [-0.05, 0) is 56.4 Å². The van der Waals surface area contributed by atoms with E-state index in [2.05, 4.69) is 41.9 Å². The Kier molecular flexibility index (Phi) is 4.67. The van der Waals surface area contributed by atoms with Gasteiger partial charge in [-0.25, -0.2) is 0 Å². The van der Waals surface area contributed by atoms with E-state index in [0.29, 0.717) is 6.42 Å². The number of nitrogens with zero attached hydrogens (tertiary/aromatic N) is 2. The lowest BCUT2D eigenvalue weighted by molar-refractivity contribution is -0.142. The van der Waals surface area contributed by atoms with Gasteiger partial charge in [0, 0.05) is 18.9 Å². The summed E-state index contributed by atoms with van der Waals surface area (Å²) in [6.07, 6.45) is 5.28. The number of hydrogen-bond donors (Lipinski definition) is 1. The summed E-state index contributed by atoms with van der Waals surface area (Å²) < 4.78 is 0. The second-order valence-electron chi connectivity index (χ2n) is 6.79. The van der Waals surface area contributed by atoms with Gasteiger partial charge in [0.1, 0.15) is 6.04 Å².